The summed E-state index contributed by atoms with van der Waals surface area (Å²) in [6.07, 6.45) is 0. The fraction of sp³-hybridized carbons (Fsp3) is 0.179. The number of amides is 2. The number of aromatic nitrogens is 2. The maximum atomic E-state index is 13.7. The fourth-order valence-electron chi connectivity index (χ4n) is 4.55. The lowest BCUT2D eigenvalue weighted by atomic mass is 9.94. The van der Waals surface area contributed by atoms with E-state index in [9.17, 15) is 9.18 Å². The number of benzene rings is 3. The van der Waals surface area contributed by atoms with E-state index < -0.39 is 6.04 Å². The van der Waals surface area contributed by atoms with Crippen LogP contribution in [0.3, 0.4) is 0 Å². The predicted molar refractivity (Wildman–Crippen MR) is 133 cm³/mol. The Morgan fingerprint density at radius 1 is 0.914 bits per heavy atom. The second kappa shape index (κ2) is 8.83. The molecule has 0 saturated heterocycles. The average molecular weight is 469 g/mol. The first kappa shape index (κ1) is 22.5. The lowest BCUT2D eigenvalue weighted by Gasteiger charge is -2.35. The van der Waals surface area contributed by atoms with Crippen LogP contribution in [0, 0.1) is 26.6 Å². The summed E-state index contributed by atoms with van der Waals surface area (Å²) in [5, 5.41) is 7.27. The Labute approximate surface area is 203 Å². The zero-order valence-electron chi connectivity index (χ0n) is 20.0. The third-order valence-electron chi connectivity index (χ3n) is 6.09. The van der Waals surface area contributed by atoms with Crippen molar-refractivity contribution in [2.45, 2.75) is 33.7 Å². The molecule has 1 atom stereocenters. The van der Waals surface area contributed by atoms with Crippen LogP contribution in [0.2, 0.25) is 0 Å². The lowest BCUT2D eigenvalue weighted by molar-refractivity contribution is 0.244. The molecule has 6 nitrogen and oxygen atoms in total. The Morgan fingerprint density at radius 3 is 2.31 bits per heavy atom. The highest BCUT2D eigenvalue weighted by Crippen LogP contribution is 2.39. The molecule has 1 aromatic heterocycles. The van der Waals surface area contributed by atoms with E-state index in [1.54, 1.807) is 17.0 Å². The quantitative estimate of drug-likeness (QED) is 0.371. The van der Waals surface area contributed by atoms with Crippen LogP contribution < -0.4 is 10.2 Å². The standard InChI is InChI=1S/C28H25FN4O2/c1-16-6-5-7-21(13-16)26-31-27(35-32-26)24-19(4)33(23-14-17(2)12-18(3)15-23)28(34)30-25(24)20-8-10-22(29)11-9-20/h5-15,25H,1-4H3,(H,30,34). The summed E-state index contributed by atoms with van der Waals surface area (Å²) in [6.45, 7) is 7.84. The zero-order valence-corrected chi connectivity index (χ0v) is 20.0. The number of hydrogen-bond donors (Lipinski definition) is 1. The summed E-state index contributed by atoms with van der Waals surface area (Å²) in [6, 6.07) is 19.0. The van der Waals surface area contributed by atoms with Gasteiger partial charge in [-0.2, -0.15) is 4.98 Å². The monoisotopic (exact) mass is 468 g/mol. The van der Waals surface area contributed by atoms with E-state index in [1.165, 1.54) is 12.1 Å². The van der Waals surface area contributed by atoms with Gasteiger partial charge in [-0.05, 0) is 74.7 Å². The largest absolute Gasteiger partial charge is 0.334 e. The summed E-state index contributed by atoms with van der Waals surface area (Å²) in [5.74, 6) is 0.397. The molecule has 35 heavy (non-hydrogen) atoms. The van der Waals surface area contributed by atoms with Crippen molar-refractivity contribution < 1.29 is 13.7 Å². The molecule has 1 unspecified atom stereocenters. The zero-order chi connectivity index (χ0) is 24.7. The highest BCUT2D eigenvalue weighted by molar-refractivity contribution is 6.01. The molecule has 2 amide bonds. The van der Waals surface area contributed by atoms with Crippen molar-refractivity contribution in [3.8, 4) is 11.4 Å². The number of aryl methyl sites for hydroxylation is 3. The molecule has 0 radical (unpaired) electrons. The van der Waals surface area contributed by atoms with Gasteiger partial charge in [-0.1, -0.05) is 47.1 Å². The molecule has 176 valence electrons. The van der Waals surface area contributed by atoms with Crippen LogP contribution in [0.15, 0.2) is 77.0 Å². The van der Waals surface area contributed by atoms with E-state index in [2.05, 4.69) is 21.5 Å². The predicted octanol–water partition coefficient (Wildman–Crippen LogP) is 6.50. The molecule has 2 heterocycles. The van der Waals surface area contributed by atoms with Crippen LogP contribution >= 0.6 is 0 Å². The maximum Gasteiger partial charge on any atom is 0.326 e. The Hall–Kier alpha value is -4.26. The third kappa shape index (κ3) is 4.33. The summed E-state index contributed by atoms with van der Waals surface area (Å²) >= 11 is 0. The number of anilines is 1. The van der Waals surface area contributed by atoms with Crippen LogP contribution in [-0.4, -0.2) is 16.2 Å². The number of urea groups is 1. The third-order valence-corrected chi connectivity index (χ3v) is 6.09. The fourth-order valence-corrected chi connectivity index (χ4v) is 4.55. The maximum absolute atomic E-state index is 13.7. The number of allylic oxidation sites excluding steroid dienone is 1. The molecule has 0 aliphatic carbocycles. The van der Waals surface area contributed by atoms with Gasteiger partial charge in [-0.25, -0.2) is 9.18 Å². The van der Waals surface area contributed by atoms with E-state index in [0.29, 0.717) is 28.5 Å². The number of hydrogen-bond acceptors (Lipinski definition) is 4. The van der Waals surface area contributed by atoms with Crippen molar-refractivity contribution in [2.24, 2.45) is 0 Å². The number of rotatable bonds is 4. The van der Waals surface area contributed by atoms with Gasteiger partial charge >= 0.3 is 6.03 Å². The van der Waals surface area contributed by atoms with Crippen molar-refractivity contribution in [1.82, 2.24) is 15.5 Å². The van der Waals surface area contributed by atoms with Gasteiger partial charge in [-0.3, -0.25) is 4.90 Å². The first-order chi connectivity index (χ1) is 16.8. The molecule has 1 aliphatic heterocycles. The Kier molecular flexibility index (Phi) is 5.68. The van der Waals surface area contributed by atoms with Gasteiger partial charge in [-0.15, -0.1) is 0 Å². The van der Waals surface area contributed by atoms with Gasteiger partial charge < -0.3 is 9.84 Å². The number of halogens is 1. The normalized spacial score (nSPS) is 16.0. The smallest absolute Gasteiger partial charge is 0.326 e. The topological polar surface area (TPSA) is 71.3 Å². The Morgan fingerprint density at radius 2 is 1.63 bits per heavy atom. The molecular weight excluding hydrogens is 443 g/mol. The highest BCUT2D eigenvalue weighted by atomic mass is 19.1. The first-order valence-electron chi connectivity index (χ1n) is 11.4. The van der Waals surface area contributed by atoms with Crippen molar-refractivity contribution >= 4 is 17.3 Å². The van der Waals surface area contributed by atoms with Gasteiger partial charge in [0, 0.05) is 11.3 Å². The van der Waals surface area contributed by atoms with Gasteiger partial charge in [0.25, 0.3) is 5.89 Å². The average Bonchev–Trinajstić information content (AvgIpc) is 3.28. The molecule has 7 heteroatoms. The van der Waals surface area contributed by atoms with Crippen LogP contribution in [0.1, 0.15) is 41.1 Å². The molecule has 1 aliphatic rings. The van der Waals surface area contributed by atoms with Gasteiger partial charge in [0.15, 0.2) is 0 Å². The molecule has 0 spiro atoms. The lowest BCUT2D eigenvalue weighted by Crippen LogP contribution is -2.46. The van der Waals surface area contributed by atoms with Crippen molar-refractivity contribution in [2.75, 3.05) is 4.90 Å². The molecular formula is C28H25FN4O2. The minimum atomic E-state index is -0.587. The van der Waals surface area contributed by atoms with E-state index in [-0.39, 0.29) is 11.8 Å². The van der Waals surface area contributed by atoms with Crippen molar-refractivity contribution in [1.29, 1.82) is 0 Å². The van der Waals surface area contributed by atoms with E-state index in [4.69, 9.17) is 4.52 Å². The molecule has 4 aromatic rings. The second-order valence-electron chi connectivity index (χ2n) is 8.91. The number of carbonyl (C=O) groups is 1. The van der Waals surface area contributed by atoms with Crippen LogP contribution in [0.5, 0.6) is 0 Å². The van der Waals surface area contributed by atoms with Crippen LogP contribution in [0.25, 0.3) is 17.0 Å². The summed E-state index contributed by atoms with van der Waals surface area (Å²) in [5.41, 5.74) is 6.77. The van der Waals surface area contributed by atoms with E-state index in [1.807, 2.05) is 64.1 Å². The first-order valence-corrected chi connectivity index (χ1v) is 11.4. The SMILES string of the molecule is CC1=C(c2nc(-c3cccc(C)c3)no2)C(c2ccc(F)cc2)NC(=O)N1c1cc(C)cc(C)c1. The molecule has 0 fully saturated rings. The van der Waals surface area contributed by atoms with E-state index >= 15 is 0 Å². The second-order valence-corrected chi connectivity index (χ2v) is 8.91. The van der Waals surface area contributed by atoms with Gasteiger partial charge in [0.2, 0.25) is 5.82 Å². The Balaban J connectivity index is 1.67. The molecule has 0 bridgehead atoms. The van der Waals surface area contributed by atoms with Crippen molar-refractivity contribution in [3.63, 3.8) is 0 Å². The molecule has 1 N–H and O–H groups in total. The molecule has 3 aromatic carbocycles. The minimum absolute atomic E-state index is 0.288. The molecule has 5 rings (SSSR count). The molecule has 0 saturated carbocycles. The number of nitrogens with zero attached hydrogens (tertiary/aromatic N) is 3. The Bertz CT molecular complexity index is 1440. The van der Waals surface area contributed by atoms with Crippen LogP contribution in [-0.2, 0) is 0 Å². The summed E-state index contributed by atoms with van der Waals surface area (Å²) in [7, 11) is 0. The summed E-state index contributed by atoms with van der Waals surface area (Å²) in [4.78, 5) is 19.7. The summed E-state index contributed by atoms with van der Waals surface area (Å²) < 4.78 is 19.4. The minimum Gasteiger partial charge on any atom is -0.334 e. The van der Waals surface area contributed by atoms with Gasteiger partial charge in [0.05, 0.1) is 17.3 Å². The van der Waals surface area contributed by atoms with Gasteiger partial charge in [0.1, 0.15) is 5.82 Å². The highest BCUT2D eigenvalue weighted by Gasteiger charge is 2.36. The number of nitrogens with one attached hydrogen (secondary N) is 1. The number of carbonyl (C=O) groups excluding carboxylic acids is 1. The van der Waals surface area contributed by atoms with Crippen molar-refractivity contribution in [3.05, 3.63) is 106 Å². The van der Waals surface area contributed by atoms with E-state index in [0.717, 1.165) is 27.9 Å². The van der Waals surface area contributed by atoms with Crippen LogP contribution in [0.4, 0.5) is 14.9 Å².